The third-order valence-electron chi connectivity index (χ3n) is 4.18. The number of aromatic nitrogens is 2. The molecule has 0 N–H and O–H groups in total. The van der Waals surface area contributed by atoms with Crippen LogP contribution in [0.25, 0.3) is 28.3 Å². The summed E-state index contributed by atoms with van der Waals surface area (Å²) in [6.45, 7) is 0. The maximum atomic E-state index is 13.1. The Kier molecular flexibility index (Phi) is 4.80. The SMILES string of the molecule is O=c1cc(-c2ccccc2)nc(-c2ccccc2)n1-c1c(Cl)cccc1Cl. The predicted molar refractivity (Wildman–Crippen MR) is 111 cm³/mol. The summed E-state index contributed by atoms with van der Waals surface area (Å²) < 4.78 is 1.46. The minimum atomic E-state index is -0.252. The molecule has 3 nitrogen and oxygen atoms in total. The number of hydrogen-bond acceptors (Lipinski definition) is 2. The van der Waals surface area contributed by atoms with Gasteiger partial charge in [0.2, 0.25) is 0 Å². The van der Waals surface area contributed by atoms with Crippen molar-refractivity contribution in [2.45, 2.75) is 0 Å². The molecule has 3 aromatic carbocycles. The Morgan fingerprint density at radius 2 is 1.26 bits per heavy atom. The van der Waals surface area contributed by atoms with E-state index in [4.69, 9.17) is 28.2 Å². The van der Waals surface area contributed by atoms with Crippen molar-refractivity contribution in [2.24, 2.45) is 0 Å². The first-order chi connectivity index (χ1) is 13.1. The Morgan fingerprint density at radius 3 is 1.85 bits per heavy atom. The Hall–Kier alpha value is -2.88. The van der Waals surface area contributed by atoms with Crippen LogP contribution in [0.2, 0.25) is 10.0 Å². The maximum Gasteiger partial charge on any atom is 0.259 e. The highest BCUT2D eigenvalue weighted by Crippen LogP contribution is 2.31. The van der Waals surface area contributed by atoms with Gasteiger partial charge in [0.25, 0.3) is 5.56 Å². The van der Waals surface area contributed by atoms with Crippen molar-refractivity contribution in [1.82, 2.24) is 9.55 Å². The molecular formula is C22H14Cl2N2O. The highest BCUT2D eigenvalue weighted by molar-refractivity contribution is 6.37. The summed E-state index contributed by atoms with van der Waals surface area (Å²) in [7, 11) is 0. The predicted octanol–water partition coefficient (Wildman–Crippen LogP) is 5.87. The highest BCUT2D eigenvalue weighted by atomic mass is 35.5. The van der Waals surface area contributed by atoms with Crippen molar-refractivity contribution in [1.29, 1.82) is 0 Å². The summed E-state index contributed by atoms with van der Waals surface area (Å²) in [5.74, 6) is 0.483. The largest absolute Gasteiger partial charge is 0.269 e. The minimum absolute atomic E-state index is 0.252. The molecule has 0 radical (unpaired) electrons. The minimum Gasteiger partial charge on any atom is -0.269 e. The Bertz CT molecular complexity index is 1140. The van der Waals surface area contributed by atoms with Crippen molar-refractivity contribution in [3.05, 3.63) is 105 Å². The fourth-order valence-corrected chi connectivity index (χ4v) is 3.51. The lowest BCUT2D eigenvalue weighted by atomic mass is 10.1. The standard InChI is InChI=1S/C22H14Cl2N2O/c23-17-12-7-13-18(24)21(17)26-20(27)14-19(15-8-3-1-4-9-15)25-22(26)16-10-5-2-6-11-16/h1-14H. The fraction of sp³-hybridized carbons (Fsp3) is 0. The lowest BCUT2D eigenvalue weighted by Crippen LogP contribution is -2.22. The first kappa shape index (κ1) is 17.5. The van der Waals surface area contributed by atoms with Gasteiger partial charge in [-0.3, -0.25) is 9.36 Å². The summed E-state index contributed by atoms with van der Waals surface area (Å²) in [6.07, 6.45) is 0. The third-order valence-corrected chi connectivity index (χ3v) is 4.79. The van der Waals surface area contributed by atoms with Gasteiger partial charge in [-0.1, -0.05) is 89.9 Å². The van der Waals surface area contributed by atoms with Crippen molar-refractivity contribution in [2.75, 3.05) is 0 Å². The third kappa shape index (κ3) is 3.39. The van der Waals surface area contributed by atoms with Crippen LogP contribution in [0.5, 0.6) is 0 Å². The van der Waals surface area contributed by atoms with Gasteiger partial charge < -0.3 is 0 Å². The Balaban J connectivity index is 2.06. The average molecular weight is 393 g/mol. The lowest BCUT2D eigenvalue weighted by molar-refractivity contribution is 0.953. The molecule has 0 saturated carbocycles. The van der Waals surface area contributed by atoms with Gasteiger partial charge in [0.1, 0.15) is 5.82 Å². The number of benzene rings is 3. The molecule has 5 heteroatoms. The van der Waals surface area contributed by atoms with Crippen LogP contribution in [0.15, 0.2) is 89.7 Å². The van der Waals surface area contributed by atoms with Crippen LogP contribution in [0, 0.1) is 0 Å². The van der Waals surface area contributed by atoms with Gasteiger partial charge in [-0.2, -0.15) is 0 Å². The van der Waals surface area contributed by atoms with Crippen molar-refractivity contribution < 1.29 is 0 Å². The average Bonchev–Trinajstić information content (AvgIpc) is 2.70. The topological polar surface area (TPSA) is 34.9 Å². The van der Waals surface area contributed by atoms with Gasteiger partial charge in [-0.25, -0.2) is 4.98 Å². The molecule has 1 heterocycles. The maximum absolute atomic E-state index is 13.1. The van der Waals surface area contributed by atoms with Gasteiger partial charge in [-0.15, -0.1) is 0 Å². The van der Waals surface area contributed by atoms with Gasteiger partial charge in [0, 0.05) is 17.2 Å². The first-order valence-corrected chi connectivity index (χ1v) is 9.10. The van der Waals surface area contributed by atoms with Crippen LogP contribution in [0.3, 0.4) is 0 Å². The molecule has 0 bridgehead atoms. The van der Waals surface area contributed by atoms with Gasteiger partial charge in [0.05, 0.1) is 21.4 Å². The molecule has 0 aliphatic heterocycles. The molecule has 1 aromatic heterocycles. The second-order valence-corrected chi connectivity index (χ2v) is 6.76. The second-order valence-electron chi connectivity index (χ2n) is 5.94. The molecule has 0 unspecified atom stereocenters. The molecule has 132 valence electrons. The van der Waals surface area contributed by atoms with Crippen LogP contribution in [0.4, 0.5) is 0 Å². The molecule has 4 aromatic rings. The van der Waals surface area contributed by atoms with E-state index < -0.39 is 0 Å². The number of hydrogen-bond donors (Lipinski definition) is 0. The Morgan fingerprint density at radius 1 is 0.704 bits per heavy atom. The van der Waals surface area contributed by atoms with Crippen molar-refractivity contribution in [3.63, 3.8) is 0 Å². The highest BCUT2D eigenvalue weighted by Gasteiger charge is 2.17. The molecule has 0 saturated heterocycles. The number of nitrogens with zero attached hydrogens (tertiary/aromatic N) is 2. The molecule has 0 amide bonds. The smallest absolute Gasteiger partial charge is 0.259 e. The monoisotopic (exact) mass is 392 g/mol. The van der Waals surface area contributed by atoms with E-state index in [1.54, 1.807) is 18.2 Å². The van der Waals surface area contributed by atoms with E-state index in [1.807, 2.05) is 60.7 Å². The molecule has 0 spiro atoms. The second kappa shape index (κ2) is 7.39. The van der Waals surface area contributed by atoms with E-state index in [1.165, 1.54) is 10.6 Å². The summed E-state index contributed by atoms with van der Waals surface area (Å²) >= 11 is 12.8. The molecule has 27 heavy (non-hydrogen) atoms. The van der Waals surface area contributed by atoms with Crippen LogP contribution >= 0.6 is 23.2 Å². The van der Waals surface area contributed by atoms with Gasteiger partial charge in [-0.05, 0) is 12.1 Å². The van der Waals surface area contributed by atoms with E-state index in [-0.39, 0.29) is 5.56 Å². The Labute approximate surface area is 166 Å². The van der Waals surface area contributed by atoms with Gasteiger partial charge >= 0.3 is 0 Å². The fourth-order valence-electron chi connectivity index (χ4n) is 2.94. The normalized spacial score (nSPS) is 10.7. The molecule has 4 rings (SSSR count). The van der Waals surface area contributed by atoms with Crippen molar-refractivity contribution >= 4 is 23.2 Å². The van der Waals surface area contributed by atoms with E-state index in [2.05, 4.69) is 0 Å². The zero-order valence-electron chi connectivity index (χ0n) is 14.1. The van der Waals surface area contributed by atoms with Crippen LogP contribution in [-0.4, -0.2) is 9.55 Å². The molecule has 0 aliphatic rings. The summed E-state index contributed by atoms with van der Waals surface area (Å²) in [4.78, 5) is 17.9. The lowest BCUT2D eigenvalue weighted by Gasteiger charge is -2.16. The number of halogens is 2. The quantitative estimate of drug-likeness (QED) is 0.436. The van der Waals surface area contributed by atoms with Crippen molar-refractivity contribution in [3.8, 4) is 28.3 Å². The molecular weight excluding hydrogens is 379 g/mol. The summed E-state index contributed by atoms with van der Waals surface area (Å²) in [6, 6.07) is 25.7. The number of rotatable bonds is 3. The van der Waals surface area contributed by atoms with E-state index in [0.717, 1.165) is 11.1 Å². The zero-order valence-corrected chi connectivity index (χ0v) is 15.7. The van der Waals surface area contributed by atoms with E-state index in [9.17, 15) is 4.79 Å². The van der Waals surface area contributed by atoms with Crippen LogP contribution < -0.4 is 5.56 Å². The van der Waals surface area contributed by atoms with Crippen LogP contribution in [0.1, 0.15) is 0 Å². The summed E-state index contributed by atoms with van der Waals surface area (Å²) in [5.41, 5.74) is 2.43. The first-order valence-electron chi connectivity index (χ1n) is 8.34. The molecule has 0 aliphatic carbocycles. The molecule has 0 atom stereocenters. The van der Waals surface area contributed by atoms with E-state index >= 15 is 0 Å². The van der Waals surface area contributed by atoms with Crippen LogP contribution in [-0.2, 0) is 0 Å². The number of para-hydroxylation sites is 1. The van der Waals surface area contributed by atoms with E-state index in [0.29, 0.717) is 27.3 Å². The summed E-state index contributed by atoms with van der Waals surface area (Å²) in [5, 5.41) is 0.770. The zero-order chi connectivity index (χ0) is 18.8. The van der Waals surface area contributed by atoms with Gasteiger partial charge in [0.15, 0.2) is 0 Å². The molecule has 0 fully saturated rings.